The molecule has 1 aromatic rings. The van der Waals surface area contributed by atoms with Gasteiger partial charge in [-0.15, -0.1) is 11.6 Å². The quantitative estimate of drug-likeness (QED) is 0.812. The van der Waals surface area contributed by atoms with E-state index in [1.54, 1.807) is 26.0 Å². The van der Waals surface area contributed by atoms with Gasteiger partial charge in [-0.1, -0.05) is 13.0 Å². The van der Waals surface area contributed by atoms with Gasteiger partial charge in [0.25, 0.3) is 0 Å². The van der Waals surface area contributed by atoms with E-state index >= 15 is 0 Å². The molecule has 0 heterocycles. The van der Waals surface area contributed by atoms with Crippen LogP contribution in [0.15, 0.2) is 18.2 Å². The highest BCUT2D eigenvalue weighted by molar-refractivity contribution is 7.92. The van der Waals surface area contributed by atoms with E-state index in [0.29, 0.717) is 17.1 Å². The third kappa shape index (κ3) is 4.44. The third-order valence-corrected chi connectivity index (χ3v) is 4.33. The first-order valence-corrected chi connectivity index (χ1v) is 7.39. The zero-order valence-electron chi connectivity index (χ0n) is 9.77. The number of hydrogen-bond acceptors (Lipinski definition) is 3. The van der Waals surface area contributed by atoms with E-state index in [9.17, 15) is 13.5 Å². The second-order valence-electron chi connectivity index (χ2n) is 4.14. The fraction of sp³-hybridized carbons (Fsp3) is 0.455. The first kappa shape index (κ1) is 14.1. The Morgan fingerprint density at radius 3 is 2.65 bits per heavy atom. The Bertz CT molecular complexity index is 487. The molecule has 1 aromatic carbocycles. The molecule has 0 spiro atoms. The van der Waals surface area contributed by atoms with Crippen molar-refractivity contribution < 1.29 is 13.5 Å². The summed E-state index contributed by atoms with van der Waals surface area (Å²) in [5.74, 6) is 0.203. The molecular formula is C11H16ClNO3S. The average Bonchev–Trinajstić information content (AvgIpc) is 2.22. The summed E-state index contributed by atoms with van der Waals surface area (Å²) in [6.07, 6.45) is 0. The molecule has 6 heteroatoms. The summed E-state index contributed by atoms with van der Waals surface area (Å²) in [5, 5.41) is 9.47. The SMILES string of the molecule is Cc1ccc(NS(=O)(=O)CC(C)CCl)cc1O. The number of benzene rings is 1. The van der Waals surface area contributed by atoms with E-state index < -0.39 is 10.0 Å². The highest BCUT2D eigenvalue weighted by Crippen LogP contribution is 2.22. The van der Waals surface area contributed by atoms with Crippen LogP contribution >= 0.6 is 11.6 Å². The van der Waals surface area contributed by atoms with Crippen molar-refractivity contribution in [2.24, 2.45) is 5.92 Å². The topological polar surface area (TPSA) is 66.4 Å². The highest BCUT2D eigenvalue weighted by Gasteiger charge is 2.15. The lowest BCUT2D eigenvalue weighted by Crippen LogP contribution is -2.22. The molecule has 0 aliphatic heterocycles. The maximum absolute atomic E-state index is 11.7. The lowest BCUT2D eigenvalue weighted by Gasteiger charge is -2.11. The van der Waals surface area contributed by atoms with Gasteiger partial charge >= 0.3 is 0 Å². The molecule has 0 saturated carbocycles. The largest absolute Gasteiger partial charge is 0.508 e. The number of phenolic OH excluding ortho intramolecular Hbond substituents is 1. The van der Waals surface area contributed by atoms with Crippen LogP contribution in [-0.4, -0.2) is 25.2 Å². The van der Waals surface area contributed by atoms with Gasteiger partial charge in [-0.3, -0.25) is 4.72 Å². The van der Waals surface area contributed by atoms with E-state index in [0.717, 1.165) is 0 Å². The van der Waals surface area contributed by atoms with Gasteiger partial charge in [0, 0.05) is 11.9 Å². The predicted octanol–water partition coefficient (Wildman–Crippen LogP) is 2.32. The Labute approximate surface area is 107 Å². The number of hydrogen-bond donors (Lipinski definition) is 2. The van der Waals surface area contributed by atoms with Gasteiger partial charge in [0.1, 0.15) is 5.75 Å². The van der Waals surface area contributed by atoms with Gasteiger partial charge in [0.15, 0.2) is 0 Å². The zero-order valence-corrected chi connectivity index (χ0v) is 11.3. The van der Waals surface area contributed by atoms with Crippen LogP contribution in [0.1, 0.15) is 12.5 Å². The summed E-state index contributed by atoms with van der Waals surface area (Å²) < 4.78 is 25.8. The van der Waals surface area contributed by atoms with Crippen LogP contribution in [0, 0.1) is 12.8 Å². The number of aromatic hydroxyl groups is 1. The normalized spacial score (nSPS) is 13.4. The molecule has 0 amide bonds. The van der Waals surface area contributed by atoms with Crippen LogP contribution in [0.3, 0.4) is 0 Å². The predicted molar refractivity (Wildman–Crippen MR) is 70.1 cm³/mol. The molecule has 96 valence electrons. The first-order valence-electron chi connectivity index (χ1n) is 5.20. The maximum Gasteiger partial charge on any atom is 0.233 e. The standard InChI is InChI=1S/C11H16ClNO3S/c1-8(6-12)7-17(15,16)13-10-4-3-9(2)11(14)5-10/h3-5,8,13-14H,6-7H2,1-2H3. The number of anilines is 1. The Morgan fingerprint density at radius 2 is 2.12 bits per heavy atom. The number of rotatable bonds is 5. The summed E-state index contributed by atoms with van der Waals surface area (Å²) in [5.41, 5.74) is 1.05. The number of alkyl halides is 1. The van der Waals surface area contributed by atoms with E-state index in [2.05, 4.69) is 4.72 Å². The second-order valence-corrected chi connectivity index (χ2v) is 6.22. The summed E-state index contributed by atoms with van der Waals surface area (Å²) >= 11 is 5.57. The van der Waals surface area contributed by atoms with Gasteiger partial charge in [0.05, 0.1) is 11.4 Å². The van der Waals surface area contributed by atoms with Crippen LogP contribution in [-0.2, 0) is 10.0 Å². The molecule has 0 bridgehead atoms. The molecule has 0 aromatic heterocycles. The van der Waals surface area contributed by atoms with Gasteiger partial charge in [-0.2, -0.15) is 0 Å². The summed E-state index contributed by atoms with van der Waals surface area (Å²) in [4.78, 5) is 0. The molecule has 2 N–H and O–H groups in total. The zero-order chi connectivity index (χ0) is 13.1. The number of phenols is 1. The molecule has 0 fully saturated rings. The highest BCUT2D eigenvalue weighted by atomic mass is 35.5. The minimum atomic E-state index is -3.42. The number of halogens is 1. The molecule has 4 nitrogen and oxygen atoms in total. The van der Waals surface area contributed by atoms with Crippen molar-refractivity contribution >= 4 is 27.3 Å². The summed E-state index contributed by atoms with van der Waals surface area (Å²) in [6, 6.07) is 4.65. The lowest BCUT2D eigenvalue weighted by atomic mass is 10.2. The molecule has 1 unspecified atom stereocenters. The lowest BCUT2D eigenvalue weighted by molar-refractivity contribution is 0.471. The smallest absolute Gasteiger partial charge is 0.233 e. The van der Waals surface area contributed by atoms with Crippen molar-refractivity contribution in [3.05, 3.63) is 23.8 Å². The molecule has 0 saturated heterocycles. The minimum Gasteiger partial charge on any atom is -0.508 e. The van der Waals surface area contributed by atoms with Crippen molar-refractivity contribution in [2.75, 3.05) is 16.4 Å². The molecule has 0 aliphatic carbocycles. The Hall–Kier alpha value is -0.940. The Balaban J connectivity index is 2.80. The second kappa shape index (κ2) is 5.60. The van der Waals surface area contributed by atoms with Crippen LogP contribution in [0.4, 0.5) is 5.69 Å². The van der Waals surface area contributed by atoms with E-state index in [4.69, 9.17) is 11.6 Å². The summed E-state index contributed by atoms with van der Waals surface area (Å²) in [6.45, 7) is 3.50. The number of sulfonamides is 1. The number of aryl methyl sites for hydroxylation is 1. The maximum atomic E-state index is 11.7. The number of nitrogens with one attached hydrogen (secondary N) is 1. The van der Waals surface area contributed by atoms with Crippen LogP contribution in [0.5, 0.6) is 5.75 Å². The third-order valence-electron chi connectivity index (χ3n) is 2.25. The monoisotopic (exact) mass is 277 g/mol. The van der Waals surface area contributed by atoms with Gasteiger partial charge in [-0.05, 0) is 24.5 Å². The van der Waals surface area contributed by atoms with E-state index in [-0.39, 0.29) is 17.4 Å². The molecule has 0 aliphatic rings. The van der Waals surface area contributed by atoms with Crippen molar-refractivity contribution in [3.8, 4) is 5.75 Å². The molecular weight excluding hydrogens is 262 g/mol. The molecule has 17 heavy (non-hydrogen) atoms. The van der Waals surface area contributed by atoms with Crippen LogP contribution in [0.25, 0.3) is 0 Å². The van der Waals surface area contributed by atoms with Crippen LogP contribution in [0.2, 0.25) is 0 Å². The minimum absolute atomic E-state index is 0.0366. The van der Waals surface area contributed by atoms with Gasteiger partial charge < -0.3 is 5.11 Å². The molecule has 1 atom stereocenters. The molecule has 1 rings (SSSR count). The van der Waals surface area contributed by atoms with Gasteiger partial charge in [-0.25, -0.2) is 8.42 Å². The van der Waals surface area contributed by atoms with E-state index in [1.165, 1.54) is 6.07 Å². The Morgan fingerprint density at radius 1 is 1.47 bits per heavy atom. The van der Waals surface area contributed by atoms with Crippen molar-refractivity contribution in [2.45, 2.75) is 13.8 Å². The fourth-order valence-electron chi connectivity index (χ4n) is 1.31. The van der Waals surface area contributed by atoms with Crippen LogP contribution < -0.4 is 4.72 Å². The molecule has 0 radical (unpaired) electrons. The van der Waals surface area contributed by atoms with E-state index in [1.807, 2.05) is 0 Å². The van der Waals surface area contributed by atoms with Gasteiger partial charge in [0.2, 0.25) is 10.0 Å². The Kier molecular flexibility index (Phi) is 4.65. The van der Waals surface area contributed by atoms with Crippen molar-refractivity contribution in [1.82, 2.24) is 0 Å². The first-order chi connectivity index (χ1) is 7.84. The summed E-state index contributed by atoms with van der Waals surface area (Å²) in [7, 11) is -3.42. The van der Waals surface area contributed by atoms with Crippen molar-refractivity contribution in [3.63, 3.8) is 0 Å². The fourth-order valence-corrected chi connectivity index (χ4v) is 2.99. The van der Waals surface area contributed by atoms with Crippen molar-refractivity contribution in [1.29, 1.82) is 0 Å². The average molecular weight is 278 g/mol.